The average molecular weight is 359 g/mol. The van der Waals surface area contributed by atoms with E-state index in [1.165, 1.54) is 38.0 Å². The second kappa shape index (κ2) is 9.26. The van der Waals surface area contributed by atoms with Gasteiger partial charge in [-0.3, -0.25) is 4.99 Å². The Morgan fingerprint density at radius 2 is 2.00 bits per heavy atom. The number of hydrogen-bond donors (Lipinski definition) is 2. The highest BCUT2D eigenvalue weighted by Gasteiger charge is 2.22. The van der Waals surface area contributed by atoms with Gasteiger partial charge in [-0.1, -0.05) is 32.0 Å². The van der Waals surface area contributed by atoms with Crippen molar-refractivity contribution in [3.05, 3.63) is 29.8 Å². The van der Waals surface area contributed by atoms with Crippen LogP contribution in [-0.4, -0.2) is 43.6 Å². The van der Waals surface area contributed by atoms with Crippen LogP contribution in [0.2, 0.25) is 0 Å². The van der Waals surface area contributed by atoms with Gasteiger partial charge in [-0.2, -0.15) is 0 Å². The predicted octanol–water partition coefficient (Wildman–Crippen LogP) is 3.17. The first kappa shape index (κ1) is 19.0. The number of nitrogens with two attached hydrogens (primary N) is 1. The number of hydrogen-bond acceptors (Lipinski definition) is 3. The minimum atomic E-state index is 0.194. The molecule has 3 atom stereocenters. The van der Waals surface area contributed by atoms with Crippen LogP contribution in [0, 0.1) is 11.8 Å². The molecule has 2 aliphatic rings. The average Bonchev–Trinajstić information content (AvgIpc) is 2.61. The fourth-order valence-corrected chi connectivity index (χ4v) is 4.34. The molecule has 0 radical (unpaired) electrons. The summed E-state index contributed by atoms with van der Waals surface area (Å²) in [5.74, 6) is 3.17. The molecular formula is C21H34N4O. The van der Waals surface area contributed by atoms with Crippen LogP contribution >= 0.6 is 0 Å². The van der Waals surface area contributed by atoms with Crippen LogP contribution < -0.4 is 15.8 Å². The van der Waals surface area contributed by atoms with E-state index in [-0.39, 0.29) is 6.04 Å². The standard InChI is InChI=1S/C21H34N4O/c1-16-13-17(2)15-25(14-16)11-6-5-10-23-21(22)24-19-9-12-26-20-8-4-3-7-18(19)20/h3-4,7-8,16-17,19H,5-6,9-15H2,1-2H3,(H3,22,23,24). The van der Waals surface area contributed by atoms with Gasteiger partial charge in [-0.15, -0.1) is 0 Å². The largest absolute Gasteiger partial charge is 0.493 e. The van der Waals surface area contributed by atoms with E-state index in [1.54, 1.807) is 0 Å². The molecular weight excluding hydrogens is 324 g/mol. The Hall–Kier alpha value is -1.75. The predicted molar refractivity (Wildman–Crippen MR) is 108 cm³/mol. The molecule has 144 valence electrons. The van der Waals surface area contributed by atoms with E-state index in [1.807, 2.05) is 18.2 Å². The monoisotopic (exact) mass is 358 g/mol. The first-order valence-electron chi connectivity index (χ1n) is 10.1. The third-order valence-electron chi connectivity index (χ3n) is 5.39. The van der Waals surface area contributed by atoms with Gasteiger partial charge in [0, 0.05) is 31.6 Å². The highest BCUT2D eigenvalue weighted by atomic mass is 16.5. The molecule has 1 fully saturated rings. The summed E-state index contributed by atoms with van der Waals surface area (Å²) < 4.78 is 5.70. The molecule has 1 saturated heterocycles. The maximum atomic E-state index is 6.11. The molecule has 3 unspecified atom stereocenters. The zero-order valence-corrected chi connectivity index (χ0v) is 16.3. The van der Waals surface area contributed by atoms with Gasteiger partial charge in [0.25, 0.3) is 0 Å². The van der Waals surface area contributed by atoms with Crippen LogP contribution in [0.25, 0.3) is 0 Å². The summed E-state index contributed by atoms with van der Waals surface area (Å²) in [4.78, 5) is 7.14. The molecule has 3 N–H and O–H groups in total. The number of aliphatic imine (C=N–C) groups is 1. The van der Waals surface area contributed by atoms with Crippen LogP contribution in [0.3, 0.4) is 0 Å². The minimum absolute atomic E-state index is 0.194. The molecule has 26 heavy (non-hydrogen) atoms. The van der Waals surface area contributed by atoms with Crippen molar-refractivity contribution in [2.75, 3.05) is 32.8 Å². The summed E-state index contributed by atoms with van der Waals surface area (Å²) >= 11 is 0. The molecule has 0 aliphatic carbocycles. The van der Waals surface area contributed by atoms with Gasteiger partial charge in [-0.05, 0) is 43.7 Å². The second-order valence-corrected chi connectivity index (χ2v) is 8.05. The summed E-state index contributed by atoms with van der Waals surface area (Å²) in [5, 5.41) is 3.36. The maximum absolute atomic E-state index is 6.11. The Balaban J connectivity index is 1.38. The molecule has 5 nitrogen and oxygen atoms in total. The van der Waals surface area contributed by atoms with Gasteiger partial charge < -0.3 is 20.7 Å². The van der Waals surface area contributed by atoms with Crippen molar-refractivity contribution < 1.29 is 4.74 Å². The third kappa shape index (κ3) is 5.37. The van der Waals surface area contributed by atoms with E-state index in [2.05, 4.69) is 35.1 Å². The van der Waals surface area contributed by atoms with E-state index >= 15 is 0 Å². The van der Waals surface area contributed by atoms with Crippen LogP contribution in [0.15, 0.2) is 29.3 Å². The number of rotatable bonds is 6. The molecule has 0 bridgehead atoms. The van der Waals surface area contributed by atoms with Gasteiger partial charge in [0.15, 0.2) is 5.96 Å². The number of guanidine groups is 1. The molecule has 5 heteroatoms. The summed E-state index contributed by atoms with van der Waals surface area (Å²) in [6, 6.07) is 8.35. The smallest absolute Gasteiger partial charge is 0.189 e. The summed E-state index contributed by atoms with van der Waals surface area (Å²) in [5.41, 5.74) is 7.28. The zero-order valence-electron chi connectivity index (χ0n) is 16.3. The number of fused-ring (bicyclic) bond motifs is 1. The fourth-order valence-electron chi connectivity index (χ4n) is 4.34. The van der Waals surface area contributed by atoms with Crippen molar-refractivity contribution in [3.8, 4) is 5.75 Å². The lowest BCUT2D eigenvalue weighted by atomic mass is 9.92. The second-order valence-electron chi connectivity index (χ2n) is 8.05. The van der Waals surface area contributed by atoms with E-state index < -0.39 is 0 Å². The van der Waals surface area contributed by atoms with E-state index in [0.717, 1.165) is 37.0 Å². The Morgan fingerprint density at radius 3 is 2.81 bits per heavy atom. The lowest BCUT2D eigenvalue weighted by Gasteiger charge is -2.34. The SMILES string of the molecule is CC1CC(C)CN(CCCCN=C(N)NC2CCOc3ccccc32)C1. The Morgan fingerprint density at radius 1 is 1.23 bits per heavy atom. The van der Waals surface area contributed by atoms with Gasteiger partial charge in [0.05, 0.1) is 12.6 Å². The summed E-state index contributed by atoms with van der Waals surface area (Å²) in [7, 11) is 0. The molecule has 0 spiro atoms. The molecule has 0 aromatic heterocycles. The number of nitrogens with zero attached hydrogens (tertiary/aromatic N) is 2. The van der Waals surface area contributed by atoms with Crippen LogP contribution in [-0.2, 0) is 0 Å². The number of unbranched alkanes of at least 4 members (excludes halogenated alkanes) is 1. The van der Waals surface area contributed by atoms with E-state index in [9.17, 15) is 0 Å². The van der Waals surface area contributed by atoms with Crippen molar-refractivity contribution >= 4 is 5.96 Å². The molecule has 2 aliphatic heterocycles. The third-order valence-corrected chi connectivity index (χ3v) is 5.39. The minimum Gasteiger partial charge on any atom is -0.493 e. The maximum Gasteiger partial charge on any atom is 0.189 e. The van der Waals surface area contributed by atoms with Gasteiger partial charge in [0.1, 0.15) is 5.75 Å². The molecule has 0 amide bonds. The Labute approximate surface area is 158 Å². The van der Waals surface area contributed by atoms with Crippen molar-refractivity contribution in [1.82, 2.24) is 10.2 Å². The Bertz CT molecular complexity index is 593. The molecule has 0 saturated carbocycles. The quantitative estimate of drug-likeness (QED) is 0.466. The van der Waals surface area contributed by atoms with Crippen LogP contribution in [0.5, 0.6) is 5.75 Å². The van der Waals surface area contributed by atoms with Crippen LogP contribution in [0.1, 0.15) is 51.1 Å². The number of para-hydroxylation sites is 1. The number of benzene rings is 1. The summed E-state index contributed by atoms with van der Waals surface area (Å²) in [6.07, 6.45) is 4.57. The number of ether oxygens (including phenoxy) is 1. The first-order valence-corrected chi connectivity index (χ1v) is 10.1. The fraction of sp³-hybridized carbons (Fsp3) is 0.667. The Kier molecular flexibility index (Phi) is 6.78. The molecule has 1 aromatic carbocycles. The number of nitrogens with one attached hydrogen (secondary N) is 1. The van der Waals surface area contributed by atoms with Crippen molar-refractivity contribution in [3.63, 3.8) is 0 Å². The van der Waals surface area contributed by atoms with Gasteiger partial charge >= 0.3 is 0 Å². The van der Waals surface area contributed by atoms with Crippen molar-refractivity contribution in [2.45, 2.75) is 45.6 Å². The highest BCUT2D eigenvalue weighted by molar-refractivity contribution is 5.78. The highest BCUT2D eigenvalue weighted by Crippen LogP contribution is 2.31. The molecule has 2 heterocycles. The number of likely N-dealkylation sites (tertiary alicyclic amines) is 1. The first-order chi connectivity index (χ1) is 12.6. The molecule has 1 aromatic rings. The van der Waals surface area contributed by atoms with Gasteiger partial charge in [-0.25, -0.2) is 0 Å². The van der Waals surface area contributed by atoms with E-state index in [0.29, 0.717) is 12.6 Å². The zero-order chi connectivity index (χ0) is 18.4. The lowest BCUT2D eigenvalue weighted by Crippen LogP contribution is -2.39. The van der Waals surface area contributed by atoms with Gasteiger partial charge in [0.2, 0.25) is 0 Å². The van der Waals surface area contributed by atoms with Crippen molar-refractivity contribution in [2.24, 2.45) is 22.6 Å². The normalized spacial score (nSPS) is 26.8. The topological polar surface area (TPSA) is 62.9 Å². The number of piperidine rings is 1. The van der Waals surface area contributed by atoms with Crippen LogP contribution in [0.4, 0.5) is 0 Å². The summed E-state index contributed by atoms with van der Waals surface area (Å²) in [6.45, 7) is 9.94. The van der Waals surface area contributed by atoms with Crippen molar-refractivity contribution in [1.29, 1.82) is 0 Å². The van der Waals surface area contributed by atoms with E-state index in [4.69, 9.17) is 10.5 Å². The lowest BCUT2D eigenvalue weighted by molar-refractivity contribution is 0.139. The molecule has 3 rings (SSSR count).